The highest BCUT2D eigenvalue weighted by Crippen LogP contribution is 2.27. The Morgan fingerprint density at radius 1 is 1.25 bits per heavy atom. The minimum Gasteiger partial charge on any atom is -0.495 e. The number of benzene rings is 1. The molecule has 0 saturated carbocycles. The molecule has 0 aliphatic rings. The minimum absolute atomic E-state index is 0.0301. The second kappa shape index (κ2) is 6.98. The van der Waals surface area contributed by atoms with Crippen molar-refractivity contribution < 1.29 is 23.1 Å². The SMILES string of the molecule is COc1cc(C)c(C)cc1S(=O)(=O)NCc1cc(C(=O)O)ccn1. The van der Waals surface area contributed by atoms with Gasteiger partial charge in [-0.05, 0) is 49.2 Å². The summed E-state index contributed by atoms with van der Waals surface area (Å²) in [7, 11) is -2.43. The summed E-state index contributed by atoms with van der Waals surface area (Å²) < 4.78 is 32.6. The highest BCUT2D eigenvalue weighted by Gasteiger charge is 2.20. The Balaban J connectivity index is 2.28. The largest absolute Gasteiger partial charge is 0.495 e. The van der Waals surface area contributed by atoms with Gasteiger partial charge < -0.3 is 9.84 Å². The predicted molar refractivity (Wildman–Crippen MR) is 87.7 cm³/mol. The van der Waals surface area contributed by atoms with Crippen molar-refractivity contribution in [3.8, 4) is 5.75 Å². The Morgan fingerprint density at radius 2 is 1.92 bits per heavy atom. The molecule has 0 atom stereocenters. The first-order valence-corrected chi connectivity index (χ1v) is 8.56. The Bertz CT molecular complexity index is 878. The summed E-state index contributed by atoms with van der Waals surface area (Å²) in [4.78, 5) is 14.9. The van der Waals surface area contributed by atoms with E-state index < -0.39 is 16.0 Å². The fraction of sp³-hybridized carbons (Fsp3) is 0.250. The smallest absolute Gasteiger partial charge is 0.335 e. The highest BCUT2D eigenvalue weighted by molar-refractivity contribution is 7.89. The zero-order valence-corrected chi connectivity index (χ0v) is 14.3. The number of hydrogen-bond acceptors (Lipinski definition) is 5. The van der Waals surface area contributed by atoms with E-state index in [0.29, 0.717) is 5.69 Å². The number of hydrogen-bond donors (Lipinski definition) is 2. The molecule has 1 heterocycles. The van der Waals surface area contributed by atoms with Gasteiger partial charge in [0.25, 0.3) is 0 Å². The van der Waals surface area contributed by atoms with Crippen LogP contribution in [0, 0.1) is 13.8 Å². The average molecular weight is 350 g/mol. The van der Waals surface area contributed by atoms with E-state index in [-0.39, 0.29) is 22.8 Å². The number of aromatic nitrogens is 1. The fourth-order valence-corrected chi connectivity index (χ4v) is 3.32. The number of aromatic carboxylic acids is 1. The van der Waals surface area contributed by atoms with Crippen LogP contribution in [0.1, 0.15) is 27.2 Å². The molecule has 0 saturated heterocycles. The molecule has 0 aliphatic carbocycles. The van der Waals surface area contributed by atoms with E-state index in [1.165, 1.54) is 31.5 Å². The first-order chi connectivity index (χ1) is 11.2. The number of nitrogens with one attached hydrogen (secondary N) is 1. The van der Waals surface area contributed by atoms with E-state index in [9.17, 15) is 13.2 Å². The van der Waals surface area contributed by atoms with Gasteiger partial charge in [-0.25, -0.2) is 17.9 Å². The maximum absolute atomic E-state index is 12.5. The molecule has 0 fully saturated rings. The zero-order chi connectivity index (χ0) is 17.9. The van der Waals surface area contributed by atoms with Crippen molar-refractivity contribution >= 4 is 16.0 Å². The van der Waals surface area contributed by atoms with Crippen molar-refractivity contribution in [1.82, 2.24) is 9.71 Å². The van der Waals surface area contributed by atoms with Crippen LogP contribution in [0.2, 0.25) is 0 Å². The van der Waals surface area contributed by atoms with Crippen LogP contribution < -0.4 is 9.46 Å². The van der Waals surface area contributed by atoms with E-state index in [4.69, 9.17) is 9.84 Å². The number of rotatable bonds is 6. The van der Waals surface area contributed by atoms with Crippen LogP contribution in [0.3, 0.4) is 0 Å². The molecule has 24 heavy (non-hydrogen) atoms. The van der Waals surface area contributed by atoms with Gasteiger partial charge >= 0.3 is 5.97 Å². The van der Waals surface area contributed by atoms with E-state index in [2.05, 4.69) is 9.71 Å². The Labute approximate surface area is 140 Å². The third-order valence-electron chi connectivity index (χ3n) is 3.58. The summed E-state index contributed by atoms with van der Waals surface area (Å²) in [6, 6.07) is 5.86. The zero-order valence-electron chi connectivity index (χ0n) is 13.5. The molecular formula is C16H18N2O5S. The van der Waals surface area contributed by atoms with Gasteiger partial charge in [-0.15, -0.1) is 0 Å². The Kier molecular flexibility index (Phi) is 5.20. The number of methoxy groups -OCH3 is 1. The lowest BCUT2D eigenvalue weighted by Gasteiger charge is -2.13. The lowest BCUT2D eigenvalue weighted by molar-refractivity contribution is 0.0696. The third-order valence-corrected chi connectivity index (χ3v) is 5.00. The lowest BCUT2D eigenvalue weighted by atomic mass is 10.1. The van der Waals surface area contributed by atoms with Gasteiger partial charge in [-0.2, -0.15) is 0 Å². The second-order valence-corrected chi connectivity index (χ2v) is 6.99. The molecule has 0 unspecified atom stereocenters. The molecule has 8 heteroatoms. The van der Waals surface area contributed by atoms with Gasteiger partial charge in [-0.1, -0.05) is 0 Å². The molecule has 2 N–H and O–H groups in total. The van der Waals surface area contributed by atoms with Crippen LogP contribution >= 0.6 is 0 Å². The van der Waals surface area contributed by atoms with Gasteiger partial charge in [0.1, 0.15) is 10.6 Å². The number of aryl methyl sites for hydroxylation is 2. The number of carboxylic acid groups (broad SMARTS) is 1. The molecule has 0 aliphatic heterocycles. The summed E-state index contributed by atoms with van der Waals surface area (Å²) >= 11 is 0. The molecule has 0 bridgehead atoms. The van der Waals surface area contributed by atoms with Crippen molar-refractivity contribution in [3.63, 3.8) is 0 Å². The van der Waals surface area contributed by atoms with Gasteiger partial charge in [0.05, 0.1) is 24.9 Å². The Morgan fingerprint density at radius 3 is 2.54 bits per heavy atom. The Hall–Kier alpha value is -2.45. The number of carbonyl (C=O) groups is 1. The molecule has 1 aromatic heterocycles. The third kappa shape index (κ3) is 3.90. The molecule has 128 valence electrons. The molecule has 0 amide bonds. The van der Waals surface area contributed by atoms with Crippen LogP contribution in [0.15, 0.2) is 35.4 Å². The number of ether oxygens (including phenoxy) is 1. The molecule has 2 aromatic rings. The molecule has 1 aromatic carbocycles. The van der Waals surface area contributed by atoms with Gasteiger partial charge in [-0.3, -0.25) is 4.98 Å². The average Bonchev–Trinajstić information content (AvgIpc) is 2.55. The van der Waals surface area contributed by atoms with Crippen molar-refractivity contribution in [3.05, 3.63) is 52.8 Å². The summed E-state index contributed by atoms with van der Waals surface area (Å²) in [5, 5.41) is 8.96. The predicted octanol–water partition coefficient (Wildman–Crippen LogP) is 1.88. The lowest BCUT2D eigenvalue weighted by Crippen LogP contribution is -2.24. The molecular weight excluding hydrogens is 332 g/mol. The quantitative estimate of drug-likeness (QED) is 0.824. The van der Waals surface area contributed by atoms with Crippen LogP contribution in [0.25, 0.3) is 0 Å². The molecule has 0 radical (unpaired) electrons. The van der Waals surface area contributed by atoms with Crippen molar-refractivity contribution in [2.75, 3.05) is 7.11 Å². The van der Waals surface area contributed by atoms with Crippen LogP contribution in [0.5, 0.6) is 5.75 Å². The topological polar surface area (TPSA) is 106 Å². The van der Waals surface area contributed by atoms with Crippen LogP contribution in [-0.4, -0.2) is 31.6 Å². The number of nitrogens with zero attached hydrogens (tertiary/aromatic N) is 1. The minimum atomic E-state index is -3.84. The number of sulfonamides is 1. The fourth-order valence-electron chi connectivity index (χ4n) is 2.09. The molecule has 2 rings (SSSR count). The number of pyridine rings is 1. The maximum atomic E-state index is 12.5. The van der Waals surface area contributed by atoms with Crippen molar-refractivity contribution in [1.29, 1.82) is 0 Å². The van der Waals surface area contributed by atoms with Crippen molar-refractivity contribution in [2.24, 2.45) is 0 Å². The summed E-state index contributed by atoms with van der Waals surface area (Å²) in [5.41, 5.74) is 2.09. The van der Waals surface area contributed by atoms with Crippen molar-refractivity contribution in [2.45, 2.75) is 25.3 Å². The molecule has 7 nitrogen and oxygen atoms in total. The first kappa shape index (κ1) is 17.9. The molecule has 0 spiro atoms. The second-order valence-electron chi connectivity index (χ2n) is 5.25. The van der Waals surface area contributed by atoms with Crippen LogP contribution in [-0.2, 0) is 16.6 Å². The van der Waals surface area contributed by atoms with E-state index in [1.807, 2.05) is 13.8 Å². The van der Waals surface area contributed by atoms with E-state index in [0.717, 1.165) is 11.1 Å². The van der Waals surface area contributed by atoms with Gasteiger partial charge in [0.15, 0.2) is 0 Å². The normalized spacial score (nSPS) is 11.3. The summed E-state index contributed by atoms with van der Waals surface area (Å²) in [6.07, 6.45) is 1.32. The summed E-state index contributed by atoms with van der Waals surface area (Å²) in [5.74, 6) is -0.852. The van der Waals surface area contributed by atoms with E-state index >= 15 is 0 Å². The van der Waals surface area contributed by atoms with Gasteiger partial charge in [0, 0.05) is 6.20 Å². The standard InChI is InChI=1S/C16H18N2O5S/c1-10-6-14(23-3)15(7-11(10)2)24(21,22)18-9-13-8-12(16(19)20)4-5-17-13/h4-8,18H,9H2,1-3H3,(H,19,20). The maximum Gasteiger partial charge on any atom is 0.335 e. The first-order valence-electron chi connectivity index (χ1n) is 7.07. The number of carboxylic acids is 1. The van der Waals surface area contributed by atoms with E-state index in [1.54, 1.807) is 6.07 Å². The highest BCUT2D eigenvalue weighted by atomic mass is 32.2. The summed E-state index contributed by atoms with van der Waals surface area (Å²) in [6.45, 7) is 3.55. The van der Waals surface area contributed by atoms with Crippen LogP contribution in [0.4, 0.5) is 0 Å². The van der Waals surface area contributed by atoms with Gasteiger partial charge in [0.2, 0.25) is 10.0 Å². The monoisotopic (exact) mass is 350 g/mol.